The van der Waals surface area contributed by atoms with Crippen molar-refractivity contribution in [2.75, 3.05) is 5.43 Å². The van der Waals surface area contributed by atoms with Gasteiger partial charge in [-0.3, -0.25) is 5.43 Å². The SMILES string of the molecule is Cc1cc(NNS(=O)(=O)c2ccc(C(C)(C)C)cc2)n2ncnc2n1. The highest BCUT2D eigenvalue weighted by atomic mass is 32.2. The lowest BCUT2D eigenvalue weighted by atomic mass is 9.87. The number of nitrogens with zero attached hydrogens (tertiary/aromatic N) is 4. The minimum absolute atomic E-state index is 0.0404. The highest BCUT2D eigenvalue weighted by molar-refractivity contribution is 7.89. The van der Waals surface area contributed by atoms with Gasteiger partial charge in [-0.05, 0) is 30.0 Å². The van der Waals surface area contributed by atoms with Gasteiger partial charge >= 0.3 is 0 Å². The molecule has 0 aliphatic rings. The Kier molecular flexibility index (Phi) is 4.21. The Labute approximate surface area is 146 Å². The highest BCUT2D eigenvalue weighted by Crippen LogP contribution is 2.23. The molecule has 9 heteroatoms. The predicted octanol–water partition coefficient (Wildman–Crippen LogP) is 2.04. The minimum Gasteiger partial charge on any atom is -0.292 e. The number of hydrogen-bond acceptors (Lipinski definition) is 6. The van der Waals surface area contributed by atoms with E-state index in [9.17, 15) is 8.42 Å². The zero-order chi connectivity index (χ0) is 18.2. The van der Waals surface area contributed by atoms with E-state index in [4.69, 9.17) is 0 Å². The Morgan fingerprint density at radius 3 is 2.44 bits per heavy atom. The van der Waals surface area contributed by atoms with Crippen LogP contribution in [0, 0.1) is 6.92 Å². The number of benzene rings is 1. The van der Waals surface area contributed by atoms with E-state index in [1.54, 1.807) is 25.1 Å². The number of hydrazine groups is 1. The third-order valence-electron chi connectivity index (χ3n) is 3.72. The summed E-state index contributed by atoms with van der Waals surface area (Å²) in [5, 5.41) is 4.02. The van der Waals surface area contributed by atoms with Gasteiger partial charge in [-0.25, -0.2) is 13.4 Å². The Bertz CT molecular complexity index is 1000. The van der Waals surface area contributed by atoms with Crippen LogP contribution in [-0.2, 0) is 15.4 Å². The highest BCUT2D eigenvalue weighted by Gasteiger charge is 2.18. The van der Waals surface area contributed by atoms with E-state index in [0.717, 1.165) is 5.56 Å². The minimum atomic E-state index is -3.73. The van der Waals surface area contributed by atoms with Gasteiger partial charge < -0.3 is 0 Å². The van der Waals surface area contributed by atoms with Gasteiger partial charge in [-0.15, -0.1) is 4.83 Å². The summed E-state index contributed by atoms with van der Waals surface area (Å²) in [6.45, 7) is 8.02. The van der Waals surface area contributed by atoms with E-state index in [2.05, 4.69) is 46.1 Å². The third-order valence-corrected chi connectivity index (χ3v) is 4.99. The summed E-state index contributed by atoms with van der Waals surface area (Å²) in [7, 11) is -3.73. The summed E-state index contributed by atoms with van der Waals surface area (Å²) in [4.78, 5) is 10.7. The zero-order valence-corrected chi connectivity index (χ0v) is 15.3. The van der Waals surface area contributed by atoms with E-state index in [1.807, 2.05) is 12.1 Å². The first kappa shape index (κ1) is 17.3. The van der Waals surface area contributed by atoms with Crippen molar-refractivity contribution in [1.29, 1.82) is 0 Å². The largest absolute Gasteiger partial charge is 0.292 e. The average Bonchev–Trinajstić information content (AvgIpc) is 3.00. The van der Waals surface area contributed by atoms with Crippen molar-refractivity contribution >= 4 is 21.6 Å². The molecule has 2 heterocycles. The Morgan fingerprint density at radius 2 is 1.80 bits per heavy atom. The first-order valence-corrected chi connectivity index (χ1v) is 9.21. The Balaban J connectivity index is 1.83. The molecule has 0 unspecified atom stereocenters. The lowest BCUT2D eigenvalue weighted by Gasteiger charge is -2.19. The fourth-order valence-electron chi connectivity index (χ4n) is 2.33. The summed E-state index contributed by atoms with van der Waals surface area (Å²) in [6, 6.07) is 8.50. The molecule has 0 saturated carbocycles. The second-order valence-electron chi connectivity index (χ2n) is 6.76. The second-order valence-corrected chi connectivity index (χ2v) is 8.44. The lowest BCUT2D eigenvalue weighted by molar-refractivity contribution is 0.582. The maximum Gasteiger partial charge on any atom is 0.257 e. The molecule has 0 aliphatic carbocycles. The molecule has 2 N–H and O–H groups in total. The van der Waals surface area contributed by atoms with Gasteiger partial charge in [0.25, 0.3) is 15.8 Å². The number of nitrogens with one attached hydrogen (secondary N) is 2. The van der Waals surface area contributed by atoms with Crippen LogP contribution in [0.5, 0.6) is 0 Å². The van der Waals surface area contributed by atoms with Crippen molar-refractivity contribution in [3.05, 3.63) is 47.9 Å². The molecule has 25 heavy (non-hydrogen) atoms. The molecular weight excluding hydrogens is 340 g/mol. The number of hydrogen-bond donors (Lipinski definition) is 2. The van der Waals surface area contributed by atoms with Crippen LogP contribution in [0.2, 0.25) is 0 Å². The molecule has 0 atom stereocenters. The maximum absolute atomic E-state index is 12.5. The smallest absolute Gasteiger partial charge is 0.257 e. The summed E-state index contributed by atoms with van der Waals surface area (Å²) in [5.41, 5.74) is 4.40. The molecule has 0 bridgehead atoms. The van der Waals surface area contributed by atoms with Gasteiger partial charge in [0, 0.05) is 11.8 Å². The summed E-state index contributed by atoms with van der Waals surface area (Å²) < 4.78 is 26.4. The fourth-order valence-corrected chi connectivity index (χ4v) is 3.18. The molecule has 1 aromatic carbocycles. The van der Waals surface area contributed by atoms with Crippen molar-refractivity contribution in [1.82, 2.24) is 24.4 Å². The van der Waals surface area contributed by atoms with Crippen molar-refractivity contribution in [3.8, 4) is 0 Å². The molecule has 3 aromatic rings. The molecule has 0 radical (unpaired) electrons. The van der Waals surface area contributed by atoms with Crippen LogP contribution in [0.25, 0.3) is 5.78 Å². The molecule has 0 spiro atoms. The predicted molar refractivity (Wildman–Crippen MR) is 94.6 cm³/mol. The Morgan fingerprint density at radius 1 is 1.12 bits per heavy atom. The quantitative estimate of drug-likeness (QED) is 0.691. The number of anilines is 1. The van der Waals surface area contributed by atoms with Crippen LogP contribution in [0.3, 0.4) is 0 Å². The molecule has 2 aromatic heterocycles. The molecule has 132 valence electrons. The van der Waals surface area contributed by atoms with Gasteiger partial charge in [0.2, 0.25) is 0 Å². The van der Waals surface area contributed by atoms with Gasteiger partial charge in [-0.2, -0.15) is 14.6 Å². The Hall–Kier alpha value is -2.52. The standard InChI is InChI=1S/C16H20N6O2S/c1-11-9-14(22-15(19-11)17-10-18-22)20-21-25(23,24)13-7-5-12(6-8-13)16(2,3)4/h5-10,20-21H,1-4H3. The van der Waals surface area contributed by atoms with E-state index < -0.39 is 10.0 Å². The molecule has 0 amide bonds. The fraction of sp³-hybridized carbons (Fsp3) is 0.312. The van der Waals surface area contributed by atoms with Crippen molar-refractivity contribution in [2.45, 2.75) is 38.0 Å². The number of fused-ring (bicyclic) bond motifs is 1. The molecule has 3 rings (SSSR count). The van der Waals surface area contributed by atoms with Crippen molar-refractivity contribution in [3.63, 3.8) is 0 Å². The molecule has 0 saturated heterocycles. The lowest BCUT2D eigenvalue weighted by Crippen LogP contribution is -2.30. The van der Waals surface area contributed by atoms with Gasteiger partial charge in [-0.1, -0.05) is 32.9 Å². The van der Waals surface area contributed by atoms with E-state index in [-0.39, 0.29) is 10.3 Å². The molecular formula is C16H20N6O2S. The van der Waals surface area contributed by atoms with Crippen LogP contribution >= 0.6 is 0 Å². The van der Waals surface area contributed by atoms with Crippen molar-refractivity contribution < 1.29 is 8.42 Å². The number of aryl methyl sites for hydroxylation is 1. The van der Waals surface area contributed by atoms with Gasteiger partial charge in [0.05, 0.1) is 4.90 Å². The van der Waals surface area contributed by atoms with Gasteiger partial charge in [0.1, 0.15) is 12.1 Å². The van der Waals surface area contributed by atoms with Crippen LogP contribution < -0.4 is 10.3 Å². The first-order chi connectivity index (χ1) is 11.7. The third kappa shape index (κ3) is 3.62. The van der Waals surface area contributed by atoms with Crippen LogP contribution in [0.1, 0.15) is 32.0 Å². The number of rotatable bonds is 4. The topological polar surface area (TPSA) is 101 Å². The zero-order valence-electron chi connectivity index (χ0n) is 14.5. The monoisotopic (exact) mass is 360 g/mol. The van der Waals surface area contributed by atoms with Gasteiger partial charge in [0.15, 0.2) is 0 Å². The second kappa shape index (κ2) is 6.08. The van der Waals surface area contributed by atoms with E-state index in [0.29, 0.717) is 17.3 Å². The molecule has 0 aliphatic heterocycles. The number of aromatic nitrogens is 4. The van der Waals surface area contributed by atoms with E-state index in [1.165, 1.54) is 10.8 Å². The molecule has 8 nitrogen and oxygen atoms in total. The van der Waals surface area contributed by atoms with Crippen LogP contribution in [-0.4, -0.2) is 28.0 Å². The van der Waals surface area contributed by atoms with Crippen LogP contribution in [0.4, 0.5) is 5.82 Å². The average molecular weight is 360 g/mol. The summed E-state index contributed by atoms with van der Waals surface area (Å²) in [5.74, 6) is 0.811. The first-order valence-electron chi connectivity index (χ1n) is 7.72. The number of sulfonamides is 1. The maximum atomic E-state index is 12.5. The van der Waals surface area contributed by atoms with E-state index >= 15 is 0 Å². The summed E-state index contributed by atoms with van der Waals surface area (Å²) >= 11 is 0. The summed E-state index contributed by atoms with van der Waals surface area (Å²) in [6.07, 6.45) is 1.35. The normalized spacial score (nSPS) is 12.5. The van der Waals surface area contributed by atoms with Crippen molar-refractivity contribution in [2.24, 2.45) is 0 Å². The van der Waals surface area contributed by atoms with Crippen LogP contribution in [0.15, 0.2) is 41.6 Å². The molecule has 0 fully saturated rings.